The van der Waals surface area contributed by atoms with Crippen molar-refractivity contribution >= 4 is 16.7 Å². The molecular weight excluding hydrogens is 290 g/mol. The van der Waals surface area contributed by atoms with Gasteiger partial charge in [0.15, 0.2) is 0 Å². The number of phenols is 1. The van der Waals surface area contributed by atoms with E-state index >= 15 is 0 Å². The van der Waals surface area contributed by atoms with Crippen molar-refractivity contribution in [3.05, 3.63) is 52.9 Å². The second kappa shape index (κ2) is 6.12. The summed E-state index contributed by atoms with van der Waals surface area (Å²) in [5, 5.41) is 10.9. The molecule has 0 aliphatic heterocycles. The Morgan fingerprint density at radius 1 is 1.22 bits per heavy atom. The number of nitrogens with zero attached hydrogens (tertiary/aromatic N) is 2. The molecule has 3 aromatic rings. The van der Waals surface area contributed by atoms with E-state index in [0.29, 0.717) is 23.3 Å². The summed E-state index contributed by atoms with van der Waals surface area (Å²) in [5.74, 6) is 0.0926. The fourth-order valence-electron chi connectivity index (χ4n) is 2.80. The summed E-state index contributed by atoms with van der Waals surface area (Å²) in [6.07, 6.45) is 3.51. The van der Waals surface area contributed by atoms with Crippen LogP contribution in [0.1, 0.15) is 19.8 Å². The van der Waals surface area contributed by atoms with E-state index in [-0.39, 0.29) is 17.0 Å². The number of phenolic OH excluding ortho intramolecular Hbond substituents is 1. The smallest absolute Gasteiger partial charge is 0.275 e. The number of aromatic hydroxyl groups is 1. The minimum Gasteiger partial charge on any atom is -0.507 e. The molecule has 0 saturated heterocycles. The highest BCUT2D eigenvalue weighted by molar-refractivity contribution is 6.00. The molecule has 0 atom stereocenters. The predicted molar refractivity (Wildman–Crippen MR) is 92.4 cm³/mol. The largest absolute Gasteiger partial charge is 0.507 e. The highest BCUT2D eigenvalue weighted by Gasteiger charge is 2.18. The first-order valence-corrected chi connectivity index (χ1v) is 7.70. The Balaban J connectivity index is 2.39. The molecule has 3 N–H and O–H groups in total. The number of anilines is 1. The second-order valence-corrected chi connectivity index (χ2v) is 5.49. The van der Waals surface area contributed by atoms with Crippen LogP contribution in [0.4, 0.5) is 5.69 Å². The maximum atomic E-state index is 12.7. The molecule has 5 heteroatoms. The quantitative estimate of drug-likeness (QED) is 0.775. The summed E-state index contributed by atoms with van der Waals surface area (Å²) < 4.78 is 1.62. The fourth-order valence-corrected chi connectivity index (χ4v) is 2.80. The average molecular weight is 309 g/mol. The Kier molecular flexibility index (Phi) is 4.02. The van der Waals surface area contributed by atoms with Gasteiger partial charge in [-0.3, -0.25) is 9.36 Å². The van der Waals surface area contributed by atoms with Crippen LogP contribution >= 0.6 is 0 Å². The molecule has 2 aromatic heterocycles. The third-order valence-electron chi connectivity index (χ3n) is 3.97. The molecule has 118 valence electrons. The number of aromatic nitrogens is 2. The van der Waals surface area contributed by atoms with Gasteiger partial charge in [-0.05, 0) is 24.6 Å². The van der Waals surface area contributed by atoms with Gasteiger partial charge in [0.25, 0.3) is 5.56 Å². The molecule has 0 fully saturated rings. The molecule has 0 aliphatic carbocycles. The molecule has 5 nitrogen and oxygen atoms in total. The van der Waals surface area contributed by atoms with Crippen LogP contribution in [0, 0.1) is 0 Å². The van der Waals surface area contributed by atoms with Gasteiger partial charge in [-0.25, -0.2) is 4.98 Å². The SMILES string of the molecule is CCCCn1c(=O)c(N)c(-c2ccccc2O)c2cccnc21. The Hall–Kier alpha value is -2.82. The lowest BCUT2D eigenvalue weighted by Crippen LogP contribution is -2.25. The van der Waals surface area contributed by atoms with Crippen molar-refractivity contribution in [1.82, 2.24) is 9.55 Å². The van der Waals surface area contributed by atoms with Gasteiger partial charge in [0.05, 0.1) is 0 Å². The first kappa shape index (κ1) is 15.1. The van der Waals surface area contributed by atoms with Gasteiger partial charge in [-0.1, -0.05) is 31.5 Å². The number of nitrogen functional groups attached to an aromatic ring is 1. The first-order chi connectivity index (χ1) is 11.1. The molecule has 0 spiro atoms. The van der Waals surface area contributed by atoms with E-state index in [9.17, 15) is 9.90 Å². The topological polar surface area (TPSA) is 81.1 Å². The number of pyridine rings is 2. The van der Waals surface area contributed by atoms with E-state index < -0.39 is 0 Å². The van der Waals surface area contributed by atoms with Crippen LogP contribution in [0.15, 0.2) is 47.4 Å². The standard InChI is InChI=1S/C18H19N3O2/c1-2-3-11-21-17-13(8-6-10-20-17)15(16(19)18(21)23)12-7-4-5-9-14(12)22/h4-10,22H,2-3,11,19H2,1H3. The minimum absolute atomic E-state index is 0.0926. The van der Waals surface area contributed by atoms with Crippen molar-refractivity contribution in [2.45, 2.75) is 26.3 Å². The molecule has 0 saturated carbocycles. The van der Waals surface area contributed by atoms with E-state index in [1.54, 1.807) is 41.1 Å². The minimum atomic E-state index is -0.261. The second-order valence-electron chi connectivity index (χ2n) is 5.49. The van der Waals surface area contributed by atoms with Crippen molar-refractivity contribution in [1.29, 1.82) is 0 Å². The van der Waals surface area contributed by atoms with Crippen LogP contribution in [-0.2, 0) is 6.54 Å². The van der Waals surface area contributed by atoms with E-state index in [1.165, 1.54) is 0 Å². The normalized spacial score (nSPS) is 11.0. The molecule has 2 heterocycles. The monoisotopic (exact) mass is 309 g/mol. The summed E-state index contributed by atoms with van der Waals surface area (Å²) in [7, 11) is 0. The van der Waals surface area contributed by atoms with Crippen LogP contribution in [0.3, 0.4) is 0 Å². The van der Waals surface area contributed by atoms with Gasteiger partial charge in [0.1, 0.15) is 17.1 Å². The van der Waals surface area contributed by atoms with Crippen LogP contribution in [0.25, 0.3) is 22.2 Å². The third-order valence-corrected chi connectivity index (χ3v) is 3.97. The number of hydrogen-bond donors (Lipinski definition) is 2. The van der Waals surface area contributed by atoms with Gasteiger partial charge < -0.3 is 10.8 Å². The molecule has 23 heavy (non-hydrogen) atoms. The Labute approximate surface area is 134 Å². The third kappa shape index (κ3) is 2.54. The van der Waals surface area contributed by atoms with Gasteiger partial charge in [0, 0.05) is 29.3 Å². The highest BCUT2D eigenvalue weighted by atomic mass is 16.3. The lowest BCUT2D eigenvalue weighted by molar-refractivity contribution is 0.477. The van der Waals surface area contributed by atoms with Gasteiger partial charge in [-0.15, -0.1) is 0 Å². The Morgan fingerprint density at radius 2 is 2.00 bits per heavy atom. The highest BCUT2D eigenvalue weighted by Crippen LogP contribution is 2.36. The summed E-state index contributed by atoms with van der Waals surface area (Å²) in [5.41, 5.74) is 7.72. The number of benzene rings is 1. The zero-order chi connectivity index (χ0) is 16.4. The van der Waals surface area contributed by atoms with E-state index in [2.05, 4.69) is 11.9 Å². The number of hydrogen-bond acceptors (Lipinski definition) is 4. The van der Waals surface area contributed by atoms with Crippen molar-refractivity contribution in [3.63, 3.8) is 0 Å². The Bertz CT molecular complexity index is 916. The number of para-hydroxylation sites is 1. The zero-order valence-corrected chi connectivity index (χ0v) is 13.0. The summed E-state index contributed by atoms with van der Waals surface area (Å²) in [4.78, 5) is 17.1. The lowest BCUT2D eigenvalue weighted by Gasteiger charge is -2.15. The average Bonchev–Trinajstić information content (AvgIpc) is 2.57. The number of nitrogens with two attached hydrogens (primary N) is 1. The maximum Gasteiger partial charge on any atom is 0.275 e. The van der Waals surface area contributed by atoms with Gasteiger partial charge in [-0.2, -0.15) is 0 Å². The van der Waals surface area contributed by atoms with Crippen molar-refractivity contribution < 1.29 is 5.11 Å². The van der Waals surface area contributed by atoms with Crippen LogP contribution in [0.5, 0.6) is 5.75 Å². The van der Waals surface area contributed by atoms with Crippen molar-refractivity contribution in [3.8, 4) is 16.9 Å². The lowest BCUT2D eigenvalue weighted by atomic mass is 10.00. The molecular formula is C18H19N3O2. The van der Waals surface area contributed by atoms with E-state index in [0.717, 1.165) is 18.2 Å². The molecule has 0 radical (unpaired) electrons. The van der Waals surface area contributed by atoms with Crippen molar-refractivity contribution in [2.24, 2.45) is 0 Å². The first-order valence-electron chi connectivity index (χ1n) is 7.70. The molecule has 3 rings (SSSR count). The van der Waals surface area contributed by atoms with E-state index in [4.69, 9.17) is 5.73 Å². The van der Waals surface area contributed by atoms with Gasteiger partial charge in [0.2, 0.25) is 0 Å². The zero-order valence-electron chi connectivity index (χ0n) is 13.0. The predicted octanol–water partition coefficient (Wildman–Crippen LogP) is 3.15. The molecule has 0 amide bonds. The van der Waals surface area contributed by atoms with Crippen molar-refractivity contribution in [2.75, 3.05) is 5.73 Å². The summed E-state index contributed by atoms with van der Waals surface area (Å²) in [6.45, 7) is 2.65. The number of aryl methyl sites for hydroxylation is 1. The molecule has 1 aromatic carbocycles. The molecule has 0 bridgehead atoms. The molecule has 0 aliphatic rings. The van der Waals surface area contributed by atoms with Crippen LogP contribution in [-0.4, -0.2) is 14.7 Å². The number of fused-ring (bicyclic) bond motifs is 1. The Morgan fingerprint density at radius 3 is 2.74 bits per heavy atom. The maximum absolute atomic E-state index is 12.7. The molecule has 0 unspecified atom stereocenters. The van der Waals surface area contributed by atoms with Crippen LogP contribution < -0.4 is 11.3 Å². The fraction of sp³-hybridized carbons (Fsp3) is 0.222. The number of unbranched alkanes of at least 4 members (excludes halogenated alkanes) is 1. The van der Waals surface area contributed by atoms with Gasteiger partial charge >= 0.3 is 0 Å². The summed E-state index contributed by atoms with van der Waals surface area (Å²) >= 11 is 0. The van der Waals surface area contributed by atoms with E-state index in [1.807, 2.05) is 6.07 Å². The van der Waals surface area contributed by atoms with Crippen LogP contribution in [0.2, 0.25) is 0 Å². The summed E-state index contributed by atoms with van der Waals surface area (Å²) in [6, 6.07) is 10.6. The number of rotatable bonds is 4.